The molecule has 0 aliphatic heterocycles. The summed E-state index contributed by atoms with van der Waals surface area (Å²) in [6.07, 6.45) is 0.992. The van der Waals surface area contributed by atoms with E-state index in [9.17, 15) is 0 Å². The van der Waals surface area contributed by atoms with Crippen LogP contribution in [0.15, 0.2) is 23.6 Å². The second kappa shape index (κ2) is 6.98. The summed E-state index contributed by atoms with van der Waals surface area (Å²) in [5.41, 5.74) is 0. The number of anilines is 1. The van der Waals surface area contributed by atoms with Gasteiger partial charge in [0.25, 0.3) is 0 Å². The summed E-state index contributed by atoms with van der Waals surface area (Å²) >= 11 is 13.8. The van der Waals surface area contributed by atoms with Crippen LogP contribution in [-0.4, -0.2) is 11.5 Å². The fourth-order valence-electron chi connectivity index (χ4n) is 1.45. The van der Waals surface area contributed by atoms with Crippen LogP contribution in [0, 0.1) is 0 Å². The molecule has 0 saturated heterocycles. The maximum absolute atomic E-state index is 6.08. The first-order valence-corrected chi connectivity index (χ1v) is 7.59. The Kier molecular flexibility index (Phi) is 5.31. The van der Waals surface area contributed by atoms with Crippen LogP contribution >= 0.6 is 34.5 Å². The molecule has 2 aromatic rings. The van der Waals surface area contributed by atoms with Gasteiger partial charge < -0.3 is 10.1 Å². The Hall–Kier alpha value is -0.970. The van der Waals surface area contributed by atoms with Gasteiger partial charge in [0, 0.05) is 11.4 Å². The Morgan fingerprint density at radius 2 is 2.21 bits per heavy atom. The molecule has 0 aliphatic rings. The number of rotatable bonds is 6. The van der Waals surface area contributed by atoms with Crippen LogP contribution < -0.4 is 10.1 Å². The Labute approximate surface area is 126 Å². The monoisotopic (exact) mass is 316 g/mol. The smallest absolute Gasteiger partial charge is 0.235 e. The second-order valence-electron chi connectivity index (χ2n) is 3.90. The van der Waals surface area contributed by atoms with Gasteiger partial charge >= 0.3 is 0 Å². The summed E-state index contributed by atoms with van der Waals surface area (Å²) < 4.78 is 5.63. The van der Waals surface area contributed by atoms with E-state index in [4.69, 9.17) is 27.9 Å². The molecule has 2 heterocycles. The fourth-order valence-corrected chi connectivity index (χ4v) is 2.55. The zero-order chi connectivity index (χ0) is 13.7. The van der Waals surface area contributed by atoms with Crippen LogP contribution in [0.1, 0.15) is 18.2 Å². The lowest BCUT2D eigenvalue weighted by Gasteiger charge is -2.11. The zero-order valence-corrected chi connectivity index (χ0v) is 12.8. The predicted molar refractivity (Wildman–Crippen MR) is 81.7 cm³/mol. The summed E-state index contributed by atoms with van der Waals surface area (Å²) in [5, 5.41) is 6.07. The first-order chi connectivity index (χ1) is 9.20. The summed E-state index contributed by atoms with van der Waals surface area (Å²) in [6.45, 7) is 3.34. The molecule has 19 heavy (non-hydrogen) atoms. The van der Waals surface area contributed by atoms with Crippen molar-refractivity contribution in [3.05, 3.63) is 38.5 Å². The average Bonchev–Trinajstić information content (AvgIpc) is 2.90. The van der Waals surface area contributed by atoms with E-state index in [0.29, 0.717) is 28.3 Å². The number of thiophene rings is 1. The summed E-state index contributed by atoms with van der Waals surface area (Å²) in [4.78, 5) is 5.44. The third kappa shape index (κ3) is 4.00. The van der Waals surface area contributed by atoms with Crippen molar-refractivity contribution in [2.75, 3.05) is 11.9 Å². The lowest BCUT2D eigenvalue weighted by atomic mass is 10.4. The molecule has 1 N–H and O–H groups in total. The minimum Gasteiger partial charge on any atom is -0.471 e. The highest BCUT2D eigenvalue weighted by Gasteiger charge is 2.10. The summed E-state index contributed by atoms with van der Waals surface area (Å²) in [6, 6.07) is 5.64. The standard InChI is InChI=1S/C13H14Cl2N2OS/c1-2-5-16-12-10(14)7-11(15)13(17-12)18-8-9-4-3-6-19-9/h3-4,6-7H,2,5,8H2,1H3,(H,16,17). The molecule has 0 amide bonds. The molecule has 0 aromatic carbocycles. The molecule has 2 rings (SSSR count). The van der Waals surface area contributed by atoms with Gasteiger partial charge in [-0.25, -0.2) is 0 Å². The van der Waals surface area contributed by atoms with E-state index in [-0.39, 0.29) is 0 Å². The third-order valence-corrected chi connectivity index (χ3v) is 3.78. The van der Waals surface area contributed by atoms with E-state index >= 15 is 0 Å². The quantitative estimate of drug-likeness (QED) is 0.827. The molecule has 0 bridgehead atoms. The predicted octanol–water partition coefficient (Wildman–Crippen LogP) is 4.85. The van der Waals surface area contributed by atoms with Crippen molar-refractivity contribution in [1.29, 1.82) is 0 Å². The van der Waals surface area contributed by atoms with Crippen molar-refractivity contribution >= 4 is 40.4 Å². The van der Waals surface area contributed by atoms with E-state index in [2.05, 4.69) is 17.2 Å². The second-order valence-corrected chi connectivity index (χ2v) is 5.75. The van der Waals surface area contributed by atoms with Crippen LogP contribution in [0.3, 0.4) is 0 Å². The number of nitrogens with one attached hydrogen (secondary N) is 1. The Morgan fingerprint density at radius 1 is 1.37 bits per heavy atom. The molecule has 6 heteroatoms. The number of hydrogen-bond acceptors (Lipinski definition) is 4. The molecular weight excluding hydrogens is 303 g/mol. The zero-order valence-electron chi connectivity index (χ0n) is 10.5. The van der Waals surface area contributed by atoms with Crippen molar-refractivity contribution in [2.45, 2.75) is 20.0 Å². The maximum atomic E-state index is 6.08. The van der Waals surface area contributed by atoms with Gasteiger partial charge in [-0.3, -0.25) is 0 Å². The topological polar surface area (TPSA) is 34.2 Å². The molecule has 0 saturated carbocycles. The third-order valence-electron chi connectivity index (χ3n) is 2.37. The molecule has 3 nitrogen and oxygen atoms in total. The number of aromatic nitrogens is 1. The van der Waals surface area contributed by atoms with Gasteiger partial charge in [0.05, 0.1) is 5.02 Å². The number of nitrogens with zero attached hydrogens (tertiary/aromatic N) is 1. The molecule has 0 unspecified atom stereocenters. The van der Waals surface area contributed by atoms with Gasteiger partial charge in [-0.05, 0) is 23.9 Å². The van der Waals surface area contributed by atoms with E-state index in [1.807, 2.05) is 17.5 Å². The molecule has 0 aliphatic carbocycles. The van der Waals surface area contributed by atoms with E-state index < -0.39 is 0 Å². The molecule has 102 valence electrons. The van der Waals surface area contributed by atoms with E-state index in [1.54, 1.807) is 17.4 Å². The van der Waals surface area contributed by atoms with Gasteiger partial charge in [-0.2, -0.15) is 4.98 Å². The average molecular weight is 317 g/mol. The Bertz CT molecular complexity index is 532. The van der Waals surface area contributed by atoms with Gasteiger partial charge in [-0.15, -0.1) is 11.3 Å². The lowest BCUT2D eigenvalue weighted by molar-refractivity contribution is 0.298. The van der Waals surface area contributed by atoms with Crippen molar-refractivity contribution in [3.63, 3.8) is 0 Å². The van der Waals surface area contributed by atoms with E-state index in [0.717, 1.165) is 17.8 Å². The SMILES string of the molecule is CCCNc1nc(OCc2cccs2)c(Cl)cc1Cl. The van der Waals surface area contributed by atoms with Gasteiger partial charge in [0.2, 0.25) is 5.88 Å². The largest absolute Gasteiger partial charge is 0.471 e. The number of halogens is 2. The highest BCUT2D eigenvalue weighted by molar-refractivity contribution is 7.09. The first-order valence-electron chi connectivity index (χ1n) is 5.95. The van der Waals surface area contributed by atoms with Gasteiger partial charge in [0.1, 0.15) is 17.4 Å². The first kappa shape index (κ1) is 14.4. The highest BCUT2D eigenvalue weighted by atomic mass is 35.5. The van der Waals surface area contributed by atoms with Gasteiger partial charge in [0.15, 0.2) is 0 Å². The minimum atomic E-state index is 0.401. The molecule has 0 atom stereocenters. The number of hydrogen-bond donors (Lipinski definition) is 1. The molecule has 0 radical (unpaired) electrons. The van der Waals surface area contributed by atoms with Crippen molar-refractivity contribution in [1.82, 2.24) is 4.98 Å². The Balaban J connectivity index is 2.10. The summed E-state index contributed by atoms with van der Waals surface area (Å²) in [5.74, 6) is 1.01. The van der Waals surface area contributed by atoms with Crippen LogP contribution in [0.2, 0.25) is 10.0 Å². The Morgan fingerprint density at radius 3 is 2.89 bits per heavy atom. The van der Waals surface area contributed by atoms with Crippen molar-refractivity contribution in [2.24, 2.45) is 0 Å². The van der Waals surface area contributed by atoms with Crippen LogP contribution in [0.5, 0.6) is 5.88 Å². The highest BCUT2D eigenvalue weighted by Crippen LogP contribution is 2.31. The van der Waals surface area contributed by atoms with Crippen LogP contribution in [-0.2, 0) is 6.61 Å². The van der Waals surface area contributed by atoms with Crippen LogP contribution in [0.25, 0.3) is 0 Å². The van der Waals surface area contributed by atoms with Crippen LogP contribution in [0.4, 0.5) is 5.82 Å². The van der Waals surface area contributed by atoms with Crippen molar-refractivity contribution in [3.8, 4) is 5.88 Å². The molecule has 0 spiro atoms. The number of pyridine rings is 1. The maximum Gasteiger partial charge on any atom is 0.235 e. The lowest BCUT2D eigenvalue weighted by Crippen LogP contribution is -2.04. The summed E-state index contributed by atoms with van der Waals surface area (Å²) in [7, 11) is 0. The minimum absolute atomic E-state index is 0.401. The van der Waals surface area contributed by atoms with E-state index in [1.165, 1.54) is 0 Å². The fraction of sp³-hybridized carbons (Fsp3) is 0.308. The molecule has 2 aromatic heterocycles. The molecular formula is C13H14Cl2N2OS. The molecule has 0 fully saturated rings. The normalized spacial score (nSPS) is 10.5. The van der Waals surface area contributed by atoms with Gasteiger partial charge in [-0.1, -0.05) is 36.2 Å². The van der Waals surface area contributed by atoms with Crippen molar-refractivity contribution < 1.29 is 4.74 Å². The number of ether oxygens (including phenoxy) is 1.